The number of hydrogen-bond acceptors (Lipinski definition) is 5. The lowest BCUT2D eigenvalue weighted by Gasteiger charge is -2.06. The lowest BCUT2D eigenvalue weighted by Crippen LogP contribution is -2.13. The number of nitrogens with one attached hydrogen (secondary N) is 1. The van der Waals surface area contributed by atoms with E-state index in [0.717, 1.165) is 16.3 Å². The molecule has 0 aliphatic carbocycles. The van der Waals surface area contributed by atoms with Gasteiger partial charge in [-0.05, 0) is 36.1 Å². The Kier molecular flexibility index (Phi) is 5.06. The van der Waals surface area contributed by atoms with E-state index in [1.807, 2.05) is 25.1 Å². The van der Waals surface area contributed by atoms with Crippen molar-refractivity contribution in [2.75, 3.05) is 0 Å². The number of aromatic amines is 1. The Labute approximate surface area is 163 Å². The molecule has 3 nitrogen and oxygen atoms in total. The molecule has 26 heavy (non-hydrogen) atoms. The lowest BCUT2D eigenvalue weighted by atomic mass is 10.2. The fourth-order valence-corrected chi connectivity index (χ4v) is 5.27. The smallest absolute Gasteiger partial charge is 0.255 e. The molecule has 6 heteroatoms. The number of thiophene rings is 2. The molecule has 1 N–H and O–H groups in total. The summed E-state index contributed by atoms with van der Waals surface area (Å²) in [4.78, 5) is 23.5. The number of rotatable bonds is 5. The van der Waals surface area contributed by atoms with Crippen LogP contribution in [-0.2, 0) is 5.75 Å². The molecular weight excluding hydrogens is 380 g/mol. The van der Waals surface area contributed by atoms with Gasteiger partial charge < -0.3 is 4.98 Å². The second-order valence-electron chi connectivity index (χ2n) is 5.76. The highest BCUT2D eigenvalue weighted by Gasteiger charge is 2.13. The first kappa shape index (κ1) is 17.3. The fourth-order valence-electron chi connectivity index (χ4n) is 2.56. The lowest BCUT2D eigenvalue weighted by molar-refractivity contribution is 0.925. The van der Waals surface area contributed by atoms with Crippen LogP contribution in [0.5, 0.6) is 0 Å². The Bertz CT molecular complexity index is 1070. The van der Waals surface area contributed by atoms with E-state index in [1.54, 1.807) is 34.4 Å². The predicted octanol–water partition coefficient (Wildman–Crippen LogP) is 5.83. The predicted molar refractivity (Wildman–Crippen MR) is 112 cm³/mol. The van der Waals surface area contributed by atoms with Crippen LogP contribution in [0, 0.1) is 6.92 Å². The van der Waals surface area contributed by atoms with Gasteiger partial charge in [-0.1, -0.05) is 48.2 Å². The normalized spacial score (nSPS) is 11.0. The van der Waals surface area contributed by atoms with E-state index in [0.29, 0.717) is 10.7 Å². The molecule has 3 aromatic heterocycles. The van der Waals surface area contributed by atoms with Crippen molar-refractivity contribution in [2.45, 2.75) is 17.8 Å². The van der Waals surface area contributed by atoms with Gasteiger partial charge in [0.2, 0.25) is 0 Å². The van der Waals surface area contributed by atoms with Gasteiger partial charge in [-0.3, -0.25) is 4.79 Å². The summed E-state index contributed by atoms with van der Waals surface area (Å²) in [5.41, 5.74) is 2.57. The summed E-state index contributed by atoms with van der Waals surface area (Å²) in [7, 11) is 0. The minimum absolute atomic E-state index is 0.0726. The zero-order chi connectivity index (χ0) is 17.9. The molecular formula is C20H16N2OS3. The van der Waals surface area contributed by atoms with Crippen LogP contribution in [0.2, 0.25) is 0 Å². The van der Waals surface area contributed by atoms with Crippen molar-refractivity contribution in [3.05, 3.63) is 81.5 Å². The molecule has 0 amide bonds. The van der Waals surface area contributed by atoms with Crippen molar-refractivity contribution >= 4 is 34.4 Å². The van der Waals surface area contributed by atoms with E-state index in [4.69, 9.17) is 4.98 Å². The number of aromatic nitrogens is 2. The molecule has 0 unspecified atom stereocenters. The van der Waals surface area contributed by atoms with Crippen LogP contribution < -0.4 is 5.56 Å². The van der Waals surface area contributed by atoms with E-state index in [1.165, 1.54) is 15.3 Å². The van der Waals surface area contributed by atoms with E-state index >= 15 is 0 Å². The number of H-pyrrole nitrogens is 1. The van der Waals surface area contributed by atoms with Gasteiger partial charge in [0.25, 0.3) is 5.56 Å². The van der Waals surface area contributed by atoms with Crippen LogP contribution >= 0.6 is 34.4 Å². The minimum atomic E-state index is -0.0726. The Balaban J connectivity index is 1.64. The Morgan fingerprint density at radius 3 is 2.58 bits per heavy atom. The van der Waals surface area contributed by atoms with Gasteiger partial charge in [-0.2, -0.15) is 0 Å². The molecule has 0 spiro atoms. The minimum Gasteiger partial charge on any atom is -0.301 e. The highest BCUT2D eigenvalue weighted by Crippen LogP contribution is 2.36. The first-order chi connectivity index (χ1) is 12.7. The maximum atomic E-state index is 12.4. The Hall–Kier alpha value is -2.15. The van der Waals surface area contributed by atoms with Gasteiger partial charge in [0, 0.05) is 21.1 Å². The largest absolute Gasteiger partial charge is 0.301 e. The maximum Gasteiger partial charge on any atom is 0.255 e. The molecule has 0 fully saturated rings. The topological polar surface area (TPSA) is 45.8 Å². The fraction of sp³-hybridized carbons (Fsp3) is 0.100. The quantitative estimate of drug-likeness (QED) is 0.341. The molecule has 1 aromatic carbocycles. The zero-order valence-electron chi connectivity index (χ0n) is 14.1. The van der Waals surface area contributed by atoms with Gasteiger partial charge in [0.1, 0.15) is 0 Å². The van der Waals surface area contributed by atoms with E-state index in [9.17, 15) is 4.79 Å². The standard InChI is InChI=1S/C20H16N2OS3/c1-13-18(17-10-9-16(26-17)15-8-5-11-24-15)21-20(22-19(13)23)25-12-14-6-3-2-4-7-14/h2-11H,12H2,1H3,(H,21,22,23). The van der Waals surface area contributed by atoms with E-state index in [2.05, 4.69) is 46.8 Å². The number of nitrogens with zero attached hydrogens (tertiary/aromatic N) is 1. The monoisotopic (exact) mass is 396 g/mol. The Morgan fingerprint density at radius 1 is 1.00 bits per heavy atom. The average molecular weight is 397 g/mol. The molecule has 0 saturated heterocycles. The molecule has 0 aliphatic heterocycles. The van der Waals surface area contributed by atoms with Crippen LogP contribution in [0.3, 0.4) is 0 Å². The summed E-state index contributed by atoms with van der Waals surface area (Å²) in [5.74, 6) is 0.775. The van der Waals surface area contributed by atoms with Crippen molar-refractivity contribution in [1.29, 1.82) is 0 Å². The molecule has 0 bridgehead atoms. The highest BCUT2D eigenvalue weighted by atomic mass is 32.2. The summed E-state index contributed by atoms with van der Waals surface area (Å²) < 4.78 is 0. The van der Waals surface area contributed by atoms with Crippen molar-refractivity contribution < 1.29 is 0 Å². The molecule has 0 atom stereocenters. The van der Waals surface area contributed by atoms with Gasteiger partial charge in [0.15, 0.2) is 5.16 Å². The maximum absolute atomic E-state index is 12.4. The third-order valence-electron chi connectivity index (χ3n) is 3.95. The van der Waals surface area contributed by atoms with Crippen molar-refractivity contribution in [3.63, 3.8) is 0 Å². The van der Waals surface area contributed by atoms with E-state index in [-0.39, 0.29) is 5.56 Å². The molecule has 0 aliphatic rings. The number of hydrogen-bond donors (Lipinski definition) is 1. The third kappa shape index (κ3) is 3.67. The van der Waals surface area contributed by atoms with Crippen LogP contribution in [0.4, 0.5) is 0 Å². The SMILES string of the molecule is Cc1c(-c2ccc(-c3cccs3)s2)nc(SCc2ccccc2)[nH]c1=O. The van der Waals surface area contributed by atoms with Gasteiger partial charge >= 0.3 is 0 Å². The first-order valence-electron chi connectivity index (χ1n) is 8.12. The molecule has 130 valence electrons. The van der Waals surface area contributed by atoms with Crippen LogP contribution in [-0.4, -0.2) is 9.97 Å². The first-order valence-corrected chi connectivity index (χ1v) is 10.8. The number of thioether (sulfide) groups is 1. The van der Waals surface area contributed by atoms with Crippen LogP contribution in [0.15, 0.2) is 69.9 Å². The third-order valence-corrected chi connectivity index (χ3v) is 7.05. The molecule has 4 rings (SSSR count). The summed E-state index contributed by atoms with van der Waals surface area (Å²) in [6, 6.07) is 18.5. The molecule has 0 saturated carbocycles. The Morgan fingerprint density at radius 2 is 1.81 bits per heavy atom. The van der Waals surface area contributed by atoms with Gasteiger partial charge in [-0.15, -0.1) is 22.7 Å². The van der Waals surface area contributed by atoms with Gasteiger partial charge in [-0.25, -0.2) is 4.98 Å². The van der Waals surface area contributed by atoms with Crippen molar-refractivity contribution in [1.82, 2.24) is 9.97 Å². The molecule has 3 heterocycles. The van der Waals surface area contributed by atoms with Crippen molar-refractivity contribution in [3.8, 4) is 20.3 Å². The highest BCUT2D eigenvalue weighted by molar-refractivity contribution is 7.98. The van der Waals surface area contributed by atoms with E-state index < -0.39 is 0 Å². The zero-order valence-corrected chi connectivity index (χ0v) is 16.5. The summed E-state index contributed by atoms with van der Waals surface area (Å²) in [6.07, 6.45) is 0. The second-order valence-corrected chi connectivity index (χ2v) is 8.76. The van der Waals surface area contributed by atoms with Gasteiger partial charge in [0.05, 0.1) is 10.6 Å². The second kappa shape index (κ2) is 7.61. The summed E-state index contributed by atoms with van der Waals surface area (Å²) >= 11 is 4.94. The molecule has 0 radical (unpaired) electrons. The van der Waals surface area contributed by atoms with Crippen LogP contribution in [0.1, 0.15) is 11.1 Å². The van der Waals surface area contributed by atoms with Crippen LogP contribution in [0.25, 0.3) is 20.3 Å². The number of benzene rings is 1. The van der Waals surface area contributed by atoms with Crippen molar-refractivity contribution in [2.24, 2.45) is 0 Å². The summed E-state index contributed by atoms with van der Waals surface area (Å²) in [6.45, 7) is 1.83. The summed E-state index contributed by atoms with van der Waals surface area (Å²) in [5, 5.41) is 2.73. The average Bonchev–Trinajstić information content (AvgIpc) is 3.35. The molecule has 4 aromatic rings.